The Balaban J connectivity index is 1.70. The molecule has 7 nitrogen and oxygen atoms in total. The van der Waals surface area contributed by atoms with Gasteiger partial charge in [0.2, 0.25) is 5.91 Å². The smallest absolute Gasteiger partial charge is 0.418 e. The summed E-state index contributed by atoms with van der Waals surface area (Å²) < 4.78 is 58.1. The lowest BCUT2D eigenvalue weighted by Crippen LogP contribution is -2.28. The summed E-state index contributed by atoms with van der Waals surface area (Å²) >= 11 is 0. The third-order valence-corrected chi connectivity index (χ3v) is 4.42. The summed E-state index contributed by atoms with van der Waals surface area (Å²) in [4.78, 5) is 36.9. The predicted octanol–water partition coefficient (Wildman–Crippen LogP) is 3.88. The molecule has 1 heterocycles. The number of rotatable bonds is 6. The van der Waals surface area contributed by atoms with Crippen LogP contribution in [-0.2, 0) is 15.7 Å². The quantitative estimate of drug-likeness (QED) is 0.669. The molecule has 0 bridgehead atoms. The highest BCUT2D eigenvalue weighted by atomic mass is 19.4. The minimum Gasteiger partial charge on any atom is -0.448 e. The third-order valence-electron chi connectivity index (χ3n) is 4.42. The van der Waals surface area contributed by atoms with Gasteiger partial charge in [-0.05, 0) is 42.5 Å². The molecule has 0 unspecified atom stereocenters. The summed E-state index contributed by atoms with van der Waals surface area (Å²) in [6.45, 7) is 0.518. The largest absolute Gasteiger partial charge is 0.448 e. The van der Waals surface area contributed by atoms with Crippen LogP contribution in [0, 0.1) is 5.82 Å². The number of carbonyl (C=O) groups is 3. The van der Waals surface area contributed by atoms with E-state index in [9.17, 15) is 31.9 Å². The molecule has 0 radical (unpaired) electrons. The topological polar surface area (TPSA) is 87.7 Å². The summed E-state index contributed by atoms with van der Waals surface area (Å²) in [5, 5.41) is 4.49. The maximum atomic E-state index is 13.5. The molecule has 3 rings (SSSR count). The van der Waals surface area contributed by atoms with Gasteiger partial charge in [0.1, 0.15) is 12.4 Å². The molecule has 1 aliphatic rings. The van der Waals surface area contributed by atoms with Crippen molar-refractivity contribution in [3.63, 3.8) is 0 Å². The zero-order valence-corrected chi connectivity index (χ0v) is 16.0. The molecule has 31 heavy (non-hydrogen) atoms. The molecule has 1 fully saturated rings. The van der Waals surface area contributed by atoms with Crippen LogP contribution >= 0.6 is 0 Å². The second-order valence-corrected chi connectivity index (χ2v) is 6.62. The summed E-state index contributed by atoms with van der Waals surface area (Å²) in [5.74, 6) is -1.99. The van der Waals surface area contributed by atoms with E-state index in [0.717, 1.165) is 18.2 Å². The number of hydrogen-bond donors (Lipinski definition) is 2. The first kappa shape index (κ1) is 22.1. The average Bonchev–Trinajstić information content (AvgIpc) is 3.12. The van der Waals surface area contributed by atoms with E-state index in [4.69, 9.17) is 4.74 Å². The Morgan fingerprint density at radius 2 is 1.77 bits per heavy atom. The maximum absolute atomic E-state index is 13.5. The van der Waals surface area contributed by atoms with Crippen LogP contribution in [0.2, 0.25) is 0 Å². The zero-order chi connectivity index (χ0) is 22.6. The fourth-order valence-electron chi connectivity index (χ4n) is 2.85. The Hall–Kier alpha value is -3.63. The van der Waals surface area contributed by atoms with Gasteiger partial charge in [0.05, 0.1) is 17.8 Å². The number of anilines is 2. The zero-order valence-electron chi connectivity index (χ0n) is 16.0. The number of benzene rings is 2. The van der Waals surface area contributed by atoms with E-state index in [2.05, 4.69) is 10.6 Å². The van der Waals surface area contributed by atoms with Crippen molar-refractivity contribution < 1.29 is 36.7 Å². The number of nitrogens with one attached hydrogen (secondary N) is 2. The number of ether oxygens (including phenoxy) is 1. The van der Waals surface area contributed by atoms with Crippen LogP contribution in [0.3, 0.4) is 0 Å². The van der Waals surface area contributed by atoms with Gasteiger partial charge in [-0.15, -0.1) is 0 Å². The molecule has 0 aromatic heterocycles. The van der Waals surface area contributed by atoms with Crippen molar-refractivity contribution in [3.8, 4) is 0 Å². The Kier molecular flexibility index (Phi) is 6.42. The van der Waals surface area contributed by atoms with E-state index in [1.807, 2.05) is 0 Å². The van der Waals surface area contributed by atoms with Gasteiger partial charge in [-0.3, -0.25) is 9.59 Å². The summed E-state index contributed by atoms with van der Waals surface area (Å²) in [6, 6.07) is 7.40. The van der Waals surface area contributed by atoms with E-state index in [-0.39, 0.29) is 30.8 Å². The van der Waals surface area contributed by atoms with Gasteiger partial charge in [0.15, 0.2) is 0 Å². The van der Waals surface area contributed by atoms with Crippen molar-refractivity contribution in [1.82, 2.24) is 4.90 Å². The fourth-order valence-corrected chi connectivity index (χ4v) is 2.85. The van der Waals surface area contributed by atoms with Gasteiger partial charge < -0.3 is 20.3 Å². The molecule has 0 aliphatic carbocycles. The van der Waals surface area contributed by atoms with Crippen molar-refractivity contribution in [1.29, 1.82) is 0 Å². The normalized spacial score (nSPS) is 13.7. The van der Waals surface area contributed by atoms with E-state index >= 15 is 0 Å². The number of hydrogen-bond acceptors (Lipinski definition) is 4. The minimum absolute atomic E-state index is 0.0117. The van der Waals surface area contributed by atoms with E-state index in [1.165, 1.54) is 23.1 Å². The van der Waals surface area contributed by atoms with Crippen molar-refractivity contribution in [2.75, 3.05) is 30.3 Å². The van der Waals surface area contributed by atoms with Gasteiger partial charge in [0, 0.05) is 24.2 Å². The predicted molar refractivity (Wildman–Crippen MR) is 102 cm³/mol. The Morgan fingerprint density at radius 3 is 2.39 bits per heavy atom. The molecule has 0 saturated carbocycles. The number of amides is 3. The highest BCUT2D eigenvalue weighted by molar-refractivity contribution is 6.04. The summed E-state index contributed by atoms with van der Waals surface area (Å²) in [6.07, 6.45) is -5.60. The Morgan fingerprint density at radius 1 is 1.06 bits per heavy atom. The van der Waals surface area contributed by atoms with Crippen LogP contribution in [0.1, 0.15) is 22.3 Å². The lowest BCUT2D eigenvalue weighted by Gasteiger charge is -2.17. The first-order valence-corrected chi connectivity index (χ1v) is 9.13. The van der Waals surface area contributed by atoms with Gasteiger partial charge in [-0.2, -0.15) is 13.2 Å². The summed E-state index contributed by atoms with van der Waals surface area (Å²) in [5.41, 5.74) is -1.73. The van der Waals surface area contributed by atoms with Crippen LogP contribution < -0.4 is 10.6 Å². The lowest BCUT2D eigenvalue weighted by atomic mass is 10.1. The highest BCUT2D eigenvalue weighted by Crippen LogP contribution is 2.36. The van der Waals surface area contributed by atoms with Crippen LogP contribution in [0.4, 0.5) is 33.7 Å². The van der Waals surface area contributed by atoms with E-state index < -0.39 is 41.2 Å². The first-order chi connectivity index (χ1) is 14.6. The fraction of sp³-hybridized carbons (Fsp3) is 0.250. The lowest BCUT2D eigenvalue weighted by molar-refractivity contribution is -0.136. The Labute approximate surface area is 174 Å². The maximum Gasteiger partial charge on any atom is 0.418 e. The van der Waals surface area contributed by atoms with Gasteiger partial charge >= 0.3 is 12.3 Å². The van der Waals surface area contributed by atoms with Crippen molar-refractivity contribution in [2.45, 2.75) is 12.6 Å². The van der Waals surface area contributed by atoms with E-state index in [1.54, 1.807) is 0 Å². The molecular weight excluding hydrogens is 422 g/mol. The number of carbonyl (C=O) groups excluding carboxylic acids is 3. The first-order valence-electron chi connectivity index (χ1n) is 9.13. The molecule has 2 aromatic carbocycles. The second kappa shape index (κ2) is 9.02. The number of cyclic esters (lactones) is 1. The standard InChI is InChI=1S/C20H17F4N3O4/c21-13-3-1-12(2-4-13)18(29)25-14-5-6-16(15(11-14)20(22,23)24)26-17(28)7-8-27-9-10-31-19(27)30/h1-6,11H,7-10H2,(H,25,29)(H,26,28). The second-order valence-electron chi connectivity index (χ2n) is 6.62. The van der Waals surface area contributed by atoms with Crippen LogP contribution in [0.15, 0.2) is 42.5 Å². The summed E-state index contributed by atoms with van der Waals surface area (Å²) in [7, 11) is 0. The molecule has 11 heteroatoms. The van der Waals surface area contributed by atoms with Gasteiger partial charge in [-0.1, -0.05) is 0 Å². The van der Waals surface area contributed by atoms with Crippen LogP contribution in [0.5, 0.6) is 0 Å². The Bertz CT molecular complexity index is 993. The van der Waals surface area contributed by atoms with Crippen LogP contribution in [-0.4, -0.2) is 42.5 Å². The van der Waals surface area contributed by atoms with Crippen LogP contribution in [0.25, 0.3) is 0 Å². The van der Waals surface area contributed by atoms with E-state index in [0.29, 0.717) is 12.6 Å². The number of alkyl halides is 3. The monoisotopic (exact) mass is 439 g/mol. The average molecular weight is 439 g/mol. The highest BCUT2D eigenvalue weighted by Gasteiger charge is 2.34. The SMILES string of the molecule is O=C(CCN1CCOC1=O)Nc1ccc(NC(=O)c2ccc(F)cc2)cc1C(F)(F)F. The minimum atomic E-state index is -4.81. The molecule has 2 aromatic rings. The molecule has 1 saturated heterocycles. The number of halogens is 4. The third kappa shape index (κ3) is 5.71. The number of nitrogens with zero attached hydrogens (tertiary/aromatic N) is 1. The van der Waals surface area contributed by atoms with Crippen molar-refractivity contribution in [3.05, 3.63) is 59.4 Å². The molecule has 1 aliphatic heterocycles. The van der Waals surface area contributed by atoms with Crippen molar-refractivity contribution >= 4 is 29.3 Å². The molecule has 3 amide bonds. The van der Waals surface area contributed by atoms with Crippen molar-refractivity contribution in [2.24, 2.45) is 0 Å². The molecule has 164 valence electrons. The molecular formula is C20H17F4N3O4. The molecule has 2 N–H and O–H groups in total. The molecule has 0 spiro atoms. The van der Waals surface area contributed by atoms with Gasteiger partial charge in [-0.25, -0.2) is 9.18 Å². The van der Waals surface area contributed by atoms with Gasteiger partial charge in [0.25, 0.3) is 5.91 Å². The molecule has 0 atom stereocenters.